The van der Waals surface area contributed by atoms with Crippen molar-refractivity contribution in [2.75, 3.05) is 0 Å². The van der Waals surface area contributed by atoms with Gasteiger partial charge in [-0.05, 0) is 36.8 Å². The molecule has 0 heterocycles. The van der Waals surface area contributed by atoms with Gasteiger partial charge in [0.05, 0.1) is 5.41 Å². The maximum atomic E-state index is 15.9. The van der Waals surface area contributed by atoms with E-state index in [1.807, 2.05) is 0 Å². The van der Waals surface area contributed by atoms with Crippen LogP contribution in [0.1, 0.15) is 63.9 Å². The smallest absolute Gasteiger partial charge is 0.461 e. The number of carboxylic acid groups (broad SMARTS) is 1. The summed E-state index contributed by atoms with van der Waals surface area (Å²) >= 11 is 0. The second-order valence-corrected chi connectivity index (χ2v) is 9.51. The van der Waals surface area contributed by atoms with Crippen molar-refractivity contribution < 1.29 is 45.4 Å². The number of halogens is 7. The summed E-state index contributed by atoms with van der Waals surface area (Å²) in [5, 5.41) is 9.23. The van der Waals surface area contributed by atoms with E-state index >= 15 is 13.2 Å². The Kier molecular flexibility index (Phi) is 8.77. The molecule has 0 spiro atoms. The summed E-state index contributed by atoms with van der Waals surface area (Å²) in [6, 6.07) is 4.44. The highest BCUT2D eigenvalue weighted by atomic mass is 19.3. The van der Waals surface area contributed by atoms with Crippen LogP contribution in [0.15, 0.2) is 47.8 Å². The molecule has 0 aliphatic heterocycles. The minimum Gasteiger partial charge on any atom is -0.480 e. The highest BCUT2D eigenvalue weighted by molar-refractivity contribution is 5.78. The number of benzene rings is 1. The minimum atomic E-state index is -4.95. The van der Waals surface area contributed by atoms with Crippen LogP contribution in [0.5, 0.6) is 5.75 Å². The van der Waals surface area contributed by atoms with Crippen LogP contribution in [0, 0.1) is 17.8 Å². The quantitative estimate of drug-likeness (QED) is 0.249. The van der Waals surface area contributed by atoms with Crippen molar-refractivity contribution in [3.63, 3.8) is 0 Å². The van der Waals surface area contributed by atoms with Gasteiger partial charge < -0.3 is 9.84 Å². The van der Waals surface area contributed by atoms with Crippen LogP contribution in [0.3, 0.4) is 0 Å². The van der Waals surface area contributed by atoms with Gasteiger partial charge in [0.25, 0.3) is 0 Å². The van der Waals surface area contributed by atoms with E-state index in [2.05, 4.69) is 11.7 Å². The SMILES string of the molecule is CCCCC[C@H]1CC[C@H](C2(c3ccccc3OC(F)(F)C(F)F)C=C(F)C(C(=O)O)C(F)=C2F)CC1. The lowest BCUT2D eigenvalue weighted by molar-refractivity contribution is -0.253. The first-order valence-corrected chi connectivity index (χ1v) is 12.1. The molecule has 2 unspecified atom stereocenters. The van der Waals surface area contributed by atoms with Crippen LogP contribution in [0.4, 0.5) is 30.7 Å². The number of hydrogen-bond acceptors (Lipinski definition) is 2. The summed E-state index contributed by atoms with van der Waals surface area (Å²) in [7, 11) is 0. The fourth-order valence-electron chi connectivity index (χ4n) is 5.43. The molecule has 36 heavy (non-hydrogen) atoms. The Morgan fingerprint density at radius 1 is 1.11 bits per heavy atom. The second-order valence-electron chi connectivity index (χ2n) is 9.51. The Balaban J connectivity index is 2.10. The Morgan fingerprint density at radius 2 is 1.75 bits per heavy atom. The number of unbranched alkanes of at least 4 members (excludes halogenated alkanes) is 2. The van der Waals surface area contributed by atoms with Gasteiger partial charge in [-0.2, -0.15) is 17.6 Å². The molecule has 1 fully saturated rings. The molecular formula is C26H29F7O3. The first-order valence-electron chi connectivity index (χ1n) is 12.1. The van der Waals surface area contributed by atoms with E-state index < -0.39 is 64.5 Å². The fourth-order valence-corrected chi connectivity index (χ4v) is 5.43. The van der Waals surface area contributed by atoms with Crippen molar-refractivity contribution in [2.45, 2.75) is 76.2 Å². The third kappa shape index (κ3) is 5.42. The summed E-state index contributed by atoms with van der Waals surface area (Å²) in [4.78, 5) is 11.4. The van der Waals surface area contributed by atoms with Crippen molar-refractivity contribution >= 4 is 5.97 Å². The third-order valence-corrected chi connectivity index (χ3v) is 7.25. The summed E-state index contributed by atoms with van der Waals surface area (Å²) < 4.78 is 104. The van der Waals surface area contributed by atoms with Gasteiger partial charge in [0.15, 0.2) is 11.7 Å². The lowest BCUT2D eigenvalue weighted by atomic mass is 9.60. The van der Waals surface area contributed by atoms with Gasteiger partial charge in [-0.3, -0.25) is 4.79 Å². The van der Waals surface area contributed by atoms with E-state index in [-0.39, 0.29) is 12.8 Å². The van der Waals surface area contributed by atoms with E-state index in [9.17, 15) is 27.5 Å². The van der Waals surface area contributed by atoms with E-state index in [4.69, 9.17) is 0 Å². The Bertz CT molecular complexity index is 999. The maximum absolute atomic E-state index is 15.9. The van der Waals surface area contributed by atoms with Crippen LogP contribution in [0.2, 0.25) is 0 Å². The van der Waals surface area contributed by atoms with Crippen LogP contribution < -0.4 is 4.74 Å². The summed E-state index contributed by atoms with van der Waals surface area (Å²) in [5.74, 6) is -10.9. The van der Waals surface area contributed by atoms with E-state index in [1.54, 1.807) is 0 Å². The minimum absolute atomic E-state index is 0.262. The van der Waals surface area contributed by atoms with Gasteiger partial charge in [0.2, 0.25) is 0 Å². The lowest BCUT2D eigenvalue weighted by Gasteiger charge is -2.44. The molecule has 0 saturated heterocycles. The number of carboxylic acids is 1. The van der Waals surface area contributed by atoms with Gasteiger partial charge in [-0.15, -0.1) is 0 Å². The van der Waals surface area contributed by atoms with Gasteiger partial charge in [0, 0.05) is 5.56 Å². The first kappa shape index (κ1) is 28.1. The number of para-hydroxylation sites is 1. The van der Waals surface area contributed by atoms with Crippen LogP contribution >= 0.6 is 0 Å². The molecule has 1 N–H and O–H groups in total. The number of alkyl halides is 4. The van der Waals surface area contributed by atoms with Gasteiger partial charge in [-0.1, -0.05) is 63.6 Å². The average Bonchev–Trinajstić information content (AvgIpc) is 2.82. The zero-order valence-corrected chi connectivity index (χ0v) is 19.8. The molecule has 0 bridgehead atoms. The third-order valence-electron chi connectivity index (χ3n) is 7.25. The standard InChI is InChI=1S/C26H29F7O3/c1-2-3-4-7-15-10-12-16(13-11-15)25(14-18(27)20(23(34)35)21(28)22(25)29)17-8-5-6-9-19(17)36-26(32,33)24(30)31/h5-6,8-9,14-16,20,24H,2-4,7,10-13H2,1H3,(H,34,35)/t15-,16-,20?,25?. The molecule has 2 aliphatic carbocycles. The van der Waals surface area contributed by atoms with E-state index in [1.165, 1.54) is 12.1 Å². The molecule has 3 rings (SSSR count). The maximum Gasteiger partial charge on any atom is 0.461 e. The van der Waals surface area contributed by atoms with E-state index in [0.29, 0.717) is 24.8 Å². The van der Waals surface area contributed by atoms with Crippen molar-refractivity contribution in [1.29, 1.82) is 0 Å². The molecule has 1 aromatic rings. The second kappa shape index (κ2) is 11.3. The van der Waals surface area contributed by atoms with Gasteiger partial charge in [-0.25, -0.2) is 13.2 Å². The van der Waals surface area contributed by atoms with Crippen molar-refractivity contribution in [3.05, 3.63) is 53.4 Å². The molecule has 0 aromatic heterocycles. The number of allylic oxidation sites excluding steroid dienone is 2. The van der Waals surface area contributed by atoms with Gasteiger partial charge >= 0.3 is 18.5 Å². The monoisotopic (exact) mass is 522 g/mol. The van der Waals surface area contributed by atoms with Crippen LogP contribution in [0.25, 0.3) is 0 Å². The molecule has 200 valence electrons. The highest BCUT2D eigenvalue weighted by Crippen LogP contribution is 2.56. The number of aliphatic carboxylic acids is 1. The zero-order chi connectivity index (χ0) is 26.7. The summed E-state index contributed by atoms with van der Waals surface area (Å²) in [6.45, 7) is 2.07. The largest absolute Gasteiger partial charge is 0.480 e. The Hall–Kier alpha value is -2.52. The number of ether oxygens (including phenoxy) is 1. The Morgan fingerprint density at radius 3 is 2.33 bits per heavy atom. The van der Waals surface area contributed by atoms with Gasteiger partial charge in [0.1, 0.15) is 17.4 Å². The first-order chi connectivity index (χ1) is 17.0. The number of hydrogen-bond donors (Lipinski definition) is 1. The number of rotatable bonds is 10. The van der Waals surface area contributed by atoms with Crippen molar-refractivity contribution in [2.24, 2.45) is 17.8 Å². The lowest BCUT2D eigenvalue weighted by Crippen LogP contribution is -2.42. The Labute approximate surface area is 205 Å². The topological polar surface area (TPSA) is 46.5 Å². The summed E-state index contributed by atoms with van der Waals surface area (Å²) in [5.41, 5.74) is -2.80. The summed E-state index contributed by atoms with van der Waals surface area (Å²) in [6.07, 6.45) is -2.88. The number of carbonyl (C=O) groups is 1. The molecule has 2 atom stereocenters. The average molecular weight is 523 g/mol. The zero-order valence-electron chi connectivity index (χ0n) is 19.8. The molecule has 3 nitrogen and oxygen atoms in total. The van der Waals surface area contributed by atoms with E-state index in [0.717, 1.165) is 37.8 Å². The van der Waals surface area contributed by atoms with Crippen LogP contribution in [-0.2, 0) is 10.2 Å². The van der Waals surface area contributed by atoms with Crippen molar-refractivity contribution in [3.8, 4) is 5.75 Å². The van der Waals surface area contributed by atoms with Crippen molar-refractivity contribution in [1.82, 2.24) is 0 Å². The fraction of sp³-hybridized carbons (Fsp3) is 0.577. The molecule has 0 amide bonds. The highest BCUT2D eigenvalue weighted by Gasteiger charge is 2.54. The normalized spacial score (nSPS) is 27.2. The molecule has 1 aromatic carbocycles. The van der Waals surface area contributed by atoms with Crippen LogP contribution in [-0.4, -0.2) is 23.6 Å². The predicted molar refractivity (Wildman–Crippen MR) is 119 cm³/mol. The molecule has 0 radical (unpaired) electrons. The molecular weight excluding hydrogens is 493 g/mol. The molecule has 1 saturated carbocycles. The molecule has 2 aliphatic rings. The predicted octanol–water partition coefficient (Wildman–Crippen LogP) is 8.27. The molecule has 10 heteroatoms.